The van der Waals surface area contributed by atoms with Gasteiger partial charge in [-0.15, -0.1) is 0 Å². The third kappa shape index (κ3) is 4.55. The maximum Gasteiger partial charge on any atom is 0.254 e. The van der Waals surface area contributed by atoms with Crippen molar-refractivity contribution in [3.8, 4) is 0 Å². The first-order valence-corrected chi connectivity index (χ1v) is 10.9. The summed E-state index contributed by atoms with van der Waals surface area (Å²) < 4.78 is 65.6. The Balaban J connectivity index is 2.31. The minimum atomic E-state index is -3.86. The van der Waals surface area contributed by atoms with Crippen LogP contribution in [0.1, 0.15) is 15.9 Å². The average Bonchev–Trinajstić information content (AvgIpc) is 2.66. The molecule has 8 nitrogen and oxygen atoms in total. The van der Waals surface area contributed by atoms with Gasteiger partial charge in [0.15, 0.2) is 0 Å². The van der Waals surface area contributed by atoms with Crippen molar-refractivity contribution in [2.24, 2.45) is 0 Å². The molecule has 2 aromatic rings. The highest BCUT2D eigenvalue weighted by atomic mass is 32.2. The molecule has 0 spiro atoms. The highest BCUT2D eigenvalue weighted by molar-refractivity contribution is 7.89. The molecule has 0 saturated heterocycles. The summed E-state index contributed by atoms with van der Waals surface area (Å²) in [6.07, 6.45) is 0. The number of hydrogen-bond donors (Lipinski definition) is 2. The van der Waals surface area contributed by atoms with Gasteiger partial charge in [0.1, 0.15) is 5.82 Å². The molecule has 0 saturated carbocycles. The third-order valence-electron chi connectivity index (χ3n) is 3.93. The van der Waals surface area contributed by atoms with Crippen molar-refractivity contribution in [2.45, 2.75) is 16.3 Å². The molecule has 0 fully saturated rings. The lowest BCUT2D eigenvalue weighted by Crippen LogP contribution is -2.28. The molecule has 152 valence electrons. The van der Waals surface area contributed by atoms with Crippen LogP contribution in [-0.2, 0) is 26.6 Å². The lowest BCUT2D eigenvalue weighted by molar-refractivity contribution is 0.0946. The molecule has 11 heteroatoms. The van der Waals surface area contributed by atoms with Crippen molar-refractivity contribution in [2.75, 3.05) is 21.1 Å². The van der Waals surface area contributed by atoms with Gasteiger partial charge in [-0.25, -0.2) is 30.3 Å². The van der Waals surface area contributed by atoms with Gasteiger partial charge < -0.3 is 5.32 Å². The molecule has 0 radical (unpaired) electrons. The fourth-order valence-electron chi connectivity index (χ4n) is 2.33. The SMILES string of the molecule is CNS(=O)(=O)c1ccc(F)c(C(=O)NCc2ccccc2S(=O)(=O)N(C)C)c1. The van der Waals surface area contributed by atoms with Crippen LogP contribution in [0.2, 0.25) is 0 Å². The van der Waals surface area contributed by atoms with Crippen LogP contribution in [0.3, 0.4) is 0 Å². The minimum absolute atomic E-state index is 0.00674. The average molecular weight is 429 g/mol. The zero-order chi connectivity index (χ0) is 21.1. The van der Waals surface area contributed by atoms with E-state index in [0.29, 0.717) is 5.56 Å². The molecular formula is C17H20FN3O5S2. The van der Waals surface area contributed by atoms with Gasteiger partial charge in [-0.3, -0.25) is 4.79 Å². The molecule has 0 heterocycles. The number of nitrogens with one attached hydrogen (secondary N) is 2. The van der Waals surface area contributed by atoms with E-state index in [2.05, 4.69) is 10.0 Å². The molecule has 0 unspecified atom stereocenters. The Hall–Kier alpha value is -2.34. The van der Waals surface area contributed by atoms with Crippen LogP contribution < -0.4 is 10.0 Å². The molecule has 2 aromatic carbocycles. The Morgan fingerprint density at radius 1 is 1.07 bits per heavy atom. The van der Waals surface area contributed by atoms with E-state index in [4.69, 9.17) is 0 Å². The van der Waals surface area contributed by atoms with Crippen molar-refractivity contribution in [3.63, 3.8) is 0 Å². The summed E-state index contributed by atoms with van der Waals surface area (Å²) >= 11 is 0. The Kier molecular flexibility index (Phi) is 6.55. The molecule has 1 amide bonds. The van der Waals surface area contributed by atoms with E-state index >= 15 is 0 Å². The van der Waals surface area contributed by atoms with Crippen LogP contribution in [-0.4, -0.2) is 48.2 Å². The topological polar surface area (TPSA) is 113 Å². The molecule has 0 bridgehead atoms. The van der Waals surface area contributed by atoms with Gasteiger partial charge in [-0.1, -0.05) is 18.2 Å². The predicted octanol–water partition coefficient (Wildman–Crippen LogP) is 0.914. The van der Waals surface area contributed by atoms with Crippen LogP contribution in [0.25, 0.3) is 0 Å². The van der Waals surface area contributed by atoms with Crippen LogP contribution in [0.4, 0.5) is 4.39 Å². The maximum absolute atomic E-state index is 14.0. The zero-order valence-electron chi connectivity index (χ0n) is 15.4. The van der Waals surface area contributed by atoms with Crippen LogP contribution in [0, 0.1) is 5.82 Å². The number of rotatable bonds is 7. The van der Waals surface area contributed by atoms with Gasteiger partial charge in [-0.05, 0) is 36.9 Å². The van der Waals surface area contributed by atoms with Crippen molar-refractivity contribution in [1.82, 2.24) is 14.3 Å². The second kappa shape index (κ2) is 8.35. The number of nitrogens with zero attached hydrogens (tertiary/aromatic N) is 1. The van der Waals surface area contributed by atoms with Crippen molar-refractivity contribution in [3.05, 3.63) is 59.4 Å². The van der Waals surface area contributed by atoms with Crippen LogP contribution in [0.15, 0.2) is 52.3 Å². The molecular weight excluding hydrogens is 409 g/mol. The summed E-state index contributed by atoms with van der Waals surface area (Å²) in [4.78, 5) is 12.1. The Bertz CT molecular complexity index is 1100. The van der Waals surface area contributed by atoms with E-state index in [1.165, 1.54) is 33.3 Å². The van der Waals surface area contributed by atoms with Gasteiger partial charge in [0.05, 0.1) is 15.4 Å². The fourth-order valence-corrected chi connectivity index (χ4v) is 4.20. The van der Waals surface area contributed by atoms with E-state index in [9.17, 15) is 26.0 Å². The quantitative estimate of drug-likeness (QED) is 0.680. The zero-order valence-corrected chi connectivity index (χ0v) is 17.1. The van der Waals surface area contributed by atoms with E-state index in [1.54, 1.807) is 12.1 Å². The minimum Gasteiger partial charge on any atom is -0.348 e. The second-order valence-electron chi connectivity index (χ2n) is 5.93. The second-order valence-corrected chi connectivity index (χ2v) is 9.93. The Morgan fingerprint density at radius 2 is 1.71 bits per heavy atom. The van der Waals surface area contributed by atoms with E-state index < -0.39 is 37.3 Å². The number of carbonyl (C=O) groups is 1. The molecule has 0 aliphatic carbocycles. The van der Waals surface area contributed by atoms with Gasteiger partial charge in [-0.2, -0.15) is 0 Å². The Morgan fingerprint density at radius 3 is 2.32 bits per heavy atom. The van der Waals surface area contributed by atoms with Gasteiger partial charge in [0, 0.05) is 20.6 Å². The lowest BCUT2D eigenvalue weighted by atomic mass is 10.2. The standard InChI is InChI=1S/C17H20FN3O5S2/c1-19-27(23,24)13-8-9-15(18)14(10-13)17(22)20-11-12-6-4-5-7-16(12)28(25,26)21(2)3/h4-10,19H,11H2,1-3H3,(H,20,22). The number of carbonyl (C=O) groups excluding carboxylic acids is 1. The highest BCUT2D eigenvalue weighted by Gasteiger charge is 2.22. The maximum atomic E-state index is 14.0. The summed E-state index contributed by atoms with van der Waals surface area (Å²) in [5.41, 5.74) is -0.159. The normalized spacial score (nSPS) is 12.2. The van der Waals surface area contributed by atoms with Crippen molar-refractivity contribution < 1.29 is 26.0 Å². The molecule has 0 atom stereocenters. The number of hydrogen-bond acceptors (Lipinski definition) is 5. The number of halogens is 1. The lowest BCUT2D eigenvalue weighted by Gasteiger charge is -2.15. The molecule has 0 aliphatic rings. The first kappa shape index (κ1) is 22.0. The molecule has 0 aromatic heterocycles. The monoisotopic (exact) mass is 429 g/mol. The van der Waals surface area contributed by atoms with Crippen molar-refractivity contribution in [1.29, 1.82) is 0 Å². The molecule has 2 rings (SSSR count). The molecule has 28 heavy (non-hydrogen) atoms. The summed E-state index contributed by atoms with van der Waals surface area (Å²) in [5, 5.41) is 2.43. The van der Waals surface area contributed by atoms with E-state index in [0.717, 1.165) is 22.5 Å². The number of amides is 1. The fraction of sp³-hybridized carbons (Fsp3) is 0.235. The number of sulfonamides is 2. The number of benzene rings is 2. The summed E-state index contributed by atoms with van der Waals surface area (Å²) in [5.74, 6) is -1.77. The van der Waals surface area contributed by atoms with Crippen LogP contribution in [0.5, 0.6) is 0 Å². The first-order valence-electron chi connectivity index (χ1n) is 8.02. The van der Waals surface area contributed by atoms with Crippen LogP contribution >= 0.6 is 0 Å². The van der Waals surface area contributed by atoms with E-state index in [-0.39, 0.29) is 16.3 Å². The predicted molar refractivity (Wildman–Crippen MR) is 101 cm³/mol. The largest absolute Gasteiger partial charge is 0.348 e. The smallest absolute Gasteiger partial charge is 0.254 e. The summed E-state index contributed by atoms with van der Waals surface area (Å²) in [6.45, 7) is -0.190. The van der Waals surface area contributed by atoms with Crippen molar-refractivity contribution >= 4 is 26.0 Å². The van der Waals surface area contributed by atoms with E-state index in [1.807, 2.05) is 0 Å². The molecule has 2 N–H and O–H groups in total. The van der Waals surface area contributed by atoms with Gasteiger partial charge in [0.2, 0.25) is 20.0 Å². The van der Waals surface area contributed by atoms with Gasteiger partial charge >= 0.3 is 0 Å². The Labute approximate surface area is 163 Å². The highest BCUT2D eigenvalue weighted by Crippen LogP contribution is 2.19. The first-order chi connectivity index (χ1) is 13.0. The van der Waals surface area contributed by atoms with Gasteiger partial charge in [0.25, 0.3) is 5.91 Å². The summed E-state index contributed by atoms with van der Waals surface area (Å²) in [7, 11) is -3.63. The molecule has 0 aliphatic heterocycles. The third-order valence-corrected chi connectivity index (χ3v) is 7.26. The summed E-state index contributed by atoms with van der Waals surface area (Å²) in [6, 6.07) is 8.91.